The van der Waals surface area contributed by atoms with E-state index in [4.69, 9.17) is 20.6 Å². The average Bonchev–Trinajstić information content (AvgIpc) is 2.87. The van der Waals surface area contributed by atoms with Crippen LogP contribution in [0.25, 0.3) is 33.3 Å². The van der Waals surface area contributed by atoms with Crippen molar-refractivity contribution in [1.82, 2.24) is 9.97 Å². The van der Waals surface area contributed by atoms with E-state index in [1.165, 1.54) is 0 Å². The summed E-state index contributed by atoms with van der Waals surface area (Å²) in [6.07, 6.45) is 4.93. The van der Waals surface area contributed by atoms with Crippen LogP contribution < -0.4 is 15.8 Å². The molecule has 0 aliphatic heterocycles. The first-order chi connectivity index (χ1) is 16.2. The summed E-state index contributed by atoms with van der Waals surface area (Å²) in [4.78, 5) is 20.8. The molecule has 168 valence electrons. The van der Waals surface area contributed by atoms with Gasteiger partial charge < -0.3 is 20.9 Å². The summed E-state index contributed by atoms with van der Waals surface area (Å²) in [6, 6.07) is 19.7. The zero-order chi connectivity index (χ0) is 23.0. The topological polar surface area (TPSA) is 110 Å². The van der Waals surface area contributed by atoms with Crippen molar-refractivity contribution < 1.29 is 14.6 Å². The van der Waals surface area contributed by atoms with Gasteiger partial charge in [0.2, 0.25) is 5.91 Å². The molecule has 0 spiro atoms. The number of carbonyl (C=O) groups excluding carboxylic acids is 1. The Morgan fingerprint density at radius 2 is 1.67 bits per heavy atom. The maximum Gasteiger partial charge on any atom is 0.238 e. The first kappa shape index (κ1) is 22.4. The number of hydrogen-bond donors (Lipinski definition) is 3. The first-order valence-electron chi connectivity index (χ1n) is 10.9. The molecule has 33 heavy (non-hydrogen) atoms. The SMILES string of the molecule is NCC(=O)Nc1cc(-c2ccc(-c3ccc(OCCCCO)cc3)cc2)nc2ccncc12. The second-order valence-electron chi connectivity index (χ2n) is 7.58. The van der Waals surface area contributed by atoms with Crippen LogP contribution in [0.5, 0.6) is 5.75 Å². The number of rotatable bonds is 9. The van der Waals surface area contributed by atoms with Gasteiger partial charge in [-0.05, 0) is 48.2 Å². The summed E-state index contributed by atoms with van der Waals surface area (Å²) in [6.45, 7) is 0.686. The molecule has 0 fully saturated rings. The number of aromatic nitrogens is 2. The van der Waals surface area contributed by atoms with E-state index in [1.54, 1.807) is 12.4 Å². The zero-order valence-corrected chi connectivity index (χ0v) is 18.2. The van der Waals surface area contributed by atoms with Crippen LogP contribution in [0.4, 0.5) is 5.69 Å². The number of hydrogen-bond acceptors (Lipinski definition) is 6. The van der Waals surface area contributed by atoms with Gasteiger partial charge in [0.05, 0.1) is 30.0 Å². The number of pyridine rings is 2. The lowest BCUT2D eigenvalue weighted by atomic mass is 10.0. The second-order valence-corrected chi connectivity index (χ2v) is 7.58. The van der Waals surface area contributed by atoms with Crippen LogP contribution in [-0.2, 0) is 4.79 Å². The number of fused-ring (bicyclic) bond motifs is 1. The van der Waals surface area contributed by atoms with Gasteiger partial charge in [-0.1, -0.05) is 36.4 Å². The third-order valence-corrected chi connectivity index (χ3v) is 5.26. The highest BCUT2D eigenvalue weighted by Gasteiger charge is 2.10. The second kappa shape index (κ2) is 10.7. The minimum Gasteiger partial charge on any atom is -0.494 e. The highest BCUT2D eigenvalue weighted by Crippen LogP contribution is 2.30. The third-order valence-electron chi connectivity index (χ3n) is 5.26. The van der Waals surface area contributed by atoms with Crippen molar-refractivity contribution in [2.45, 2.75) is 12.8 Å². The maximum atomic E-state index is 11.9. The van der Waals surface area contributed by atoms with Gasteiger partial charge in [-0.15, -0.1) is 0 Å². The highest BCUT2D eigenvalue weighted by atomic mass is 16.5. The lowest BCUT2D eigenvalue weighted by molar-refractivity contribution is -0.114. The fourth-order valence-corrected chi connectivity index (χ4v) is 3.50. The molecule has 2 heterocycles. The Morgan fingerprint density at radius 1 is 0.970 bits per heavy atom. The molecule has 0 radical (unpaired) electrons. The lowest BCUT2D eigenvalue weighted by Gasteiger charge is -2.11. The van der Waals surface area contributed by atoms with Crippen LogP contribution >= 0.6 is 0 Å². The van der Waals surface area contributed by atoms with E-state index in [1.807, 2.05) is 60.7 Å². The Bertz CT molecular complexity index is 1220. The van der Waals surface area contributed by atoms with Crippen LogP contribution in [0.15, 0.2) is 73.1 Å². The molecule has 0 bridgehead atoms. The van der Waals surface area contributed by atoms with Crippen LogP contribution in [0.3, 0.4) is 0 Å². The number of nitrogens with zero attached hydrogens (tertiary/aromatic N) is 2. The number of nitrogens with two attached hydrogens (primary N) is 1. The average molecular weight is 443 g/mol. The van der Waals surface area contributed by atoms with Crippen LogP contribution in [0.2, 0.25) is 0 Å². The molecule has 7 heteroatoms. The Balaban J connectivity index is 1.55. The van der Waals surface area contributed by atoms with Gasteiger partial charge in [-0.3, -0.25) is 9.78 Å². The molecule has 4 N–H and O–H groups in total. The van der Waals surface area contributed by atoms with Gasteiger partial charge in [0.15, 0.2) is 0 Å². The smallest absolute Gasteiger partial charge is 0.238 e. The predicted molar refractivity (Wildman–Crippen MR) is 130 cm³/mol. The van der Waals surface area contributed by atoms with Gasteiger partial charge >= 0.3 is 0 Å². The van der Waals surface area contributed by atoms with Gasteiger partial charge in [0, 0.05) is 30.0 Å². The van der Waals surface area contributed by atoms with Crippen molar-refractivity contribution in [3.63, 3.8) is 0 Å². The summed E-state index contributed by atoms with van der Waals surface area (Å²) >= 11 is 0. The summed E-state index contributed by atoms with van der Waals surface area (Å²) < 4.78 is 5.70. The molecule has 0 aliphatic rings. The minimum absolute atomic E-state index is 0.0966. The molecule has 2 aromatic carbocycles. The van der Waals surface area contributed by atoms with Crippen molar-refractivity contribution in [3.05, 3.63) is 73.1 Å². The van der Waals surface area contributed by atoms with Crippen molar-refractivity contribution in [2.75, 3.05) is 25.1 Å². The monoisotopic (exact) mass is 442 g/mol. The lowest BCUT2D eigenvalue weighted by Crippen LogP contribution is -2.22. The number of aliphatic hydroxyl groups is 1. The standard InChI is InChI=1S/C26H26N4O3/c27-16-26(32)30-25-15-24(29-23-11-12-28-17-22(23)25)20-5-3-18(4-6-20)19-7-9-21(10-8-19)33-14-2-1-13-31/h3-12,15,17,31H,1-2,13-14,16,27H2,(H,29,30,32). The molecule has 0 saturated heterocycles. The van der Waals surface area contributed by atoms with Crippen LogP contribution in [0.1, 0.15) is 12.8 Å². The van der Waals surface area contributed by atoms with Crippen LogP contribution in [-0.4, -0.2) is 40.7 Å². The molecule has 0 aliphatic carbocycles. The van der Waals surface area contributed by atoms with Gasteiger partial charge in [0.25, 0.3) is 0 Å². The highest BCUT2D eigenvalue weighted by molar-refractivity contribution is 6.02. The van der Waals surface area contributed by atoms with Gasteiger partial charge in [-0.25, -0.2) is 4.98 Å². The normalized spacial score (nSPS) is 10.8. The molecule has 4 aromatic rings. The Kier molecular flexibility index (Phi) is 7.24. The molecule has 0 atom stereocenters. The minimum atomic E-state index is -0.270. The molecular formula is C26H26N4O3. The van der Waals surface area contributed by atoms with Crippen LogP contribution in [0, 0.1) is 0 Å². The van der Waals surface area contributed by atoms with E-state index < -0.39 is 0 Å². The summed E-state index contributed by atoms with van der Waals surface area (Å²) in [7, 11) is 0. The zero-order valence-electron chi connectivity index (χ0n) is 18.2. The number of amides is 1. The number of ether oxygens (including phenoxy) is 1. The van der Waals surface area contributed by atoms with E-state index in [0.29, 0.717) is 12.3 Å². The third kappa shape index (κ3) is 5.52. The molecule has 0 unspecified atom stereocenters. The van der Waals surface area contributed by atoms with E-state index in [0.717, 1.165) is 51.9 Å². The number of benzene rings is 2. The maximum absolute atomic E-state index is 11.9. The number of carbonyl (C=O) groups is 1. The quantitative estimate of drug-likeness (QED) is 0.338. The molecule has 7 nitrogen and oxygen atoms in total. The first-order valence-corrected chi connectivity index (χ1v) is 10.9. The van der Waals surface area contributed by atoms with Gasteiger partial charge in [0.1, 0.15) is 5.75 Å². The number of unbranched alkanes of at least 4 members (excludes halogenated alkanes) is 1. The largest absolute Gasteiger partial charge is 0.494 e. The van der Waals surface area contributed by atoms with Gasteiger partial charge in [-0.2, -0.15) is 0 Å². The van der Waals surface area contributed by atoms with Crippen molar-refractivity contribution in [3.8, 4) is 28.1 Å². The van der Waals surface area contributed by atoms with E-state index >= 15 is 0 Å². The van der Waals surface area contributed by atoms with Crippen molar-refractivity contribution in [1.29, 1.82) is 0 Å². The molecular weight excluding hydrogens is 416 g/mol. The summed E-state index contributed by atoms with van der Waals surface area (Å²) in [5.41, 5.74) is 10.7. The number of anilines is 1. The van der Waals surface area contributed by atoms with E-state index in [9.17, 15) is 4.79 Å². The fourth-order valence-electron chi connectivity index (χ4n) is 3.50. The van der Waals surface area contributed by atoms with E-state index in [-0.39, 0.29) is 19.1 Å². The number of nitrogens with one attached hydrogen (secondary N) is 1. The van der Waals surface area contributed by atoms with Crippen molar-refractivity contribution >= 4 is 22.5 Å². The summed E-state index contributed by atoms with van der Waals surface area (Å²) in [5, 5.41) is 12.4. The predicted octanol–water partition coefficient (Wildman–Crippen LogP) is 4.01. The number of aliphatic hydroxyl groups excluding tert-OH is 1. The molecule has 1 amide bonds. The van der Waals surface area contributed by atoms with Crippen molar-refractivity contribution in [2.24, 2.45) is 5.73 Å². The Hall–Kier alpha value is -3.81. The summed E-state index contributed by atoms with van der Waals surface area (Å²) in [5.74, 6) is 0.545. The fraction of sp³-hybridized carbons (Fsp3) is 0.192. The molecule has 2 aromatic heterocycles. The Morgan fingerprint density at radius 3 is 2.36 bits per heavy atom. The van der Waals surface area contributed by atoms with E-state index in [2.05, 4.69) is 10.3 Å². The molecule has 0 saturated carbocycles. The Labute approximate surface area is 192 Å². The molecule has 4 rings (SSSR count).